The van der Waals surface area contributed by atoms with E-state index in [2.05, 4.69) is 20.6 Å². The number of halogens is 3. The van der Waals surface area contributed by atoms with Gasteiger partial charge in [0.15, 0.2) is 0 Å². The van der Waals surface area contributed by atoms with Gasteiger partial charge in [0, 0.05) is 31.5 Å². The van der Waals surface area contributed by atoms with Crippen LogP contribution in [0, 0.1) is 6.92 Å². The van der Waals surface area contributed by atoms with Crippen LogP contribution < -0.4 is 14.9 Å². The Labute approximate surface area is 220 Å². The van der Waals surface area contributed by atoms with Crippen molar-refractivity contribution in [2.75, 3.05) is 30.0 Å². The van der Waals surface area contributed by atoms with Gasteiger partial charge in [-0.15, -0.1) is 0 Å². The Morgan fingerprint density at radius 2 is 1.79 bits per heavy atom. The minimum Gasteiger partial charge on any atom is -0.355 e. The molecule has 0 unspecified atom stereocenters. The summed E-state index contributed by atoms with van der Waals surface area (Å²) in [6.45, 7) is 3.69. The van der Waals surface area contributed by atoms with Crippen molar-refractivity contribution < 1.29 is 26.4 Å². The lowest BCUT2D eigenvalue weighted by Crippen LogP contribution is -2.26. The molecule has 1 amide bonds. The summed E-state index contributed by atoms with van der Waals surface area (Å²) in [5.74, 6) is -0.274. The van der Waals surface area contributed by atoms with Crippen molar-refractivity contribution in [1.29, 1.82) is 0 Å². The fourth-order valence-corrected chi connectivity index (χ4v) is 4.46. The van der Waals surface area contributed by atoms with Crippen molar-refractivity contribution >= 4 is 33.3 Å². The first-order valence-electron chi connectivity index (χ1n) is 11.8. The van der Waals surface area contributed by atoms with Gasteiger partial charge >= 0.3 is 6.18 Å². The van der Waals surface area contributed by atoms with E-state index in [1.807, 2.05) is 6.92 Å². The lowest BCUT2D eigenvalue weighted by Gasteiger charge is -2.21. The molecule has 0 aliphatic carbocycles. The minimum atomic E-state index is -4.67. The van der Waals surface area contributed by atoms with Gasteiger partial charge in [-0.05, 0) is 67.1 Å². The first kappa shape index (κ1) is 28.9. The highest BCUT2D eigenvalue weighted by atomic mass is 32.2. The molecule has 2 N–H and O–H groups in total. The van der Waals surface area contributed by atoms with Crippen LogP contribution in [0.4, 0.5) is 30.5 Å². The van der Waals surface area contributed by atoms with Crippen LogP contribution in [0.1, 0.15) is 45.2 Å². The summed E-state index contributed by atoms with van der Waals surface area (Å²) in [6, 6.07) is 10.1. The predicted molar refractivity (Wildman–Crippen MR) is 141 cm³/mol. The second-order valence-corrected chi connectivity index (χ2v) is 10.9. The number of alkyl halides is 3. The molecule has 0 saturated carbocycles. The summed E-state index contributed by atoms with van der Waals surface area (Å²) < 4.78 is 66.8. The van der Waals surface area contributed by atoms with Crippen LogP contribution in [0.5, 0.6) is 0 Å². The summed E-state index contributed by atoms with van der Waals surface area (Å²) in [6.07, 6.45) is -2.28. The van der Waals surface area contributed by atoms with E-state index >= 15 is 0 Å². The van der Waals surface area contributed by atoms with Crippen molar-refractivity contribution in [2.24, 2.45) is 0 Å². The van der Waals surface area contributed by atoms with Gasteiger partial charge in [-0.2, -0.15) is 13.2 Å². The van der Waals surface area contributed by atoms with Crippen molar-refractivity contribution in [2.45, 2.75) is 39.3 Å². The molecule has 1 aromatic heterocycles. The fraction of sp³-hybridized carbons (Fsp3) is 0.346. The van der Waals surface area contributed by atoms with Crippen LogP contribution in [-0.2, 0) is 35.5 Å². The summed E-state index contributed by atoms with van der Waals surface area (Å²) >= 11 is 0. The molecule has 0 aliphatic heterocycles. The maximum Gasteiger partial charge on any atom is 0.419 e. The molecule has 12 heteroatoms. The molecule has 3 rings (SSSR count). The number of benzene rings is 2. The molecular formula is C26H30F3N5O3S. The number of rotatable bonds is 9. The maximum atomic E-state index is 13.8. The van der Waals surface area contributed by atoms with E-state index in [9.17, 15) is 26.4 Å². The highest BCUT2D eigenvalue weighted by Gasteiger charge is 2.35. The largest absolute Gasteiger partial charge is 0.419 e. The zero-order chi connectivity index (χ0) is 28.3. The highest BCUT2D eigenvalue weighted by molar-refractivity contribution is 7.92. The van der Waals surface area contributed by atoms with Gasteiger partial charge in [-0.25, -0.2) is 18.4 Å². The lowest BCUT2D eigenvalue weighted by molar-refractivity contribution is -0.138. The molecule has 2 aromatic carbocycles. The number of hydrogen-bond acceptors (Lipinski definition) is 6. The lowest BCUT2D eigenvalue weighted by atomic mass is 10.0. The second kappa shape index (κ2) is 11.4. The number of aromatic nitrogens is 2. The zero-order valence-electron chi connectivity index (χ0n) is 21.8. The Morgan fingerprint density at radius 3 is 2.39 bits per heavy atom. The molecule has 38 heavy (non-hydrogen) atoms. The number of hydrogen-bond donors (Lipinski definition) is 2. The van der Waals surface area contributed by atoms with E-state index in [-0.39, 0.29) is 30.4 Å². The van der Waals surface area contributed by atoms with E-state index in [0.29, 0.717) is 28.9 Å². The molecule has 8 nitrogen and oxygen atoms in total. The van der Waals surface area contributed by atoms with Crippen LogP contribution in [0.25, 0.3) is 0 Å². The number of nitrogens with one attached hydrogen (secondary N) is 2. The smallest absolute Gasteiger partial charge is 0.355 e. The molecule has 0 radical (unpaired) electrons. The second-order valence-electron chi connectivity index (χ2n) is 8.84. The molecular weight excluding hydrogens is 519 g/mol. The van der Waals surface area contributed by atoms with Gasteiger partial charge in [0.05, 0.1) is 23.2 Å². The van der Waals surface area contributed by atoms with E-state index < -0.39 is 21.8 Å². The quantitative estimate of drug-likeness (QED) is 0.403. The minimum absolute atomic E-state index is 0.0206. The highest BCUT2D eigenvalue weighted by Crippen LogP contribution is 2.33. The Morgan fingerprint density at radius 1 is 1.08 bits per heavy atom. The number of anilines is 3. The fourth-order valence-electron chi connectivity index (χ4n) is 3.93. The van der Waals surface area contributed by atoms with Gasteiger partial charge in [-0.1, -0.05) is 19.1 Å². The average molecular weight is 550 g/mol. The van der Waals surface area contributed by atoms with Crippen LogP contribution in [0.2, 0.25) is 0 Å². The molecule has 1 heterocycles. The monoisotopic (exact) mass is 549 g/mol. The Balaban J connectivity index is 1.96. The zero-order valence-corrected chi connectivity index (χ0v) is 22.6. The van der Waals surface area contributed by atoms with Gasteiger partial charge in [-0.3, -0.25) is 9.10 Å². The average Bonchev–Trinajstić information content (AvgIpc) is 2.86. The molecule has 0 bridgehead atoms. The first-order valence-corrected chi connectivity index (χ1v) is 13.7. The van der Waals surface area contributed by atoms with Crippen molar-refractivity contribution in [3.63, 3.8) is 0 Å². The summed E-state index contributed by atoms with van der Waals surface area (Å²) in [4.78, 5) is 20.0. The van der Waals surface area contributed by atoms with E-state index in [1.54, 1.807) is 43.3 Å². The molecule has 0 atom stereocenters. The van der Waals surface area contributed by atoms with Crippen LogP contribution in [0.3, 0.4) is 0 Å². The summed E-state index contributed by atoms with van der Waals surface area (Å²) in [7, 11) is -0.646. The predicted octanol–water partition coefficient (Wildman–Crippen LogP) is 4.65. The van der Waals surface area contributed by atoms with Crippen LogP contribution in [-0.4, -0.2) is 44.6 Å². The third kappa shape index (κ3) is 6.80. The van der Waals surface area contributed by atoms with Gasteiger partial charge in [0.25, 0.3) is 5.91 Å². The van der Waals surface area contributed by atoms with Crippen molar-refractivity contribution in [3.8, 4) is 0 Å². The van der Waals surface area contributed by atoms with Crippen molar-refractivity contribution in [3.05, 3.63) is 76.1 Å². The normalized spacial score (nSPS) is 11.8. The molecule has 0 saturated heterocycles. The standard InChI is InChI=1S/C26H30F3N5O3S/c1-6-17-14-19(24(35)30-3)10-11-21(17)32-25-31-15-20(26(27,28)29)22(33-25)12-9-18-8-7-16(2)13-23(18)34(4)38(5,36)37/h7-8,10-11,13-15H,6,9,12H2,1-5H3,(H,30,35)(H,31,32,33). The number of aryl methyl sites for hydroxylation is 4. The maximum absolute atomic E-state index is 13.8. The summed E-state index contributed by atoms with van der Waals surface area (Å²) in [5.41, 5.74) is 2.41. The van der Waals surface area contributed by atoms with Crippen molar-refractivity contribution in [1.82, 2.24) is 15.3 Å². The van der Waals surface area contributed by atoms with Gasteiger partial charge in [0.2, 0.25) is 16.0 Å². The molecule has 0 spiro atoms. The number of sulfonamides is 1. The van der Waals surface area contributed by atoms with Crippen LogP contribution >= 0.6 is 0 Å². The number of nitrogens with zero attached hydrogens (tertiary/aromatic N) is 3. The third-order valence-corrected chi connectivity index (χ3v) is 7.30. The molecule has 0 aliphatic rings. The van der Waals surface area contributed by atoms with E-state index in [4.69, 9.17) is 0 Å². The van der Waals surface area contributed by atoms with Crippen LogP contribution in [0.15, 0.2) is 42.6 Å². The van der Waals surface area contributed by atoms with E-state index in [0.717, 1.165) is 27.9 Å². The Hall–Kier alpha value is -3.67. The van der Waals surface area contributed by atoms with E-state index in [1.165, 1.54) is 14.1 Å². The van der Waals surface area contributed by atoms with Gasteiger partial charge < -0.3 is 10.6 Å². The molecule has 3 aromatic rings. The first-order chi connectivity index (χ1) is 17.7. The molecule has 204 valence electrons. The Bertz CT molecular complexity index is 1440. The molecule has 0 fully saturated rings. The number of amides is 1. The number of carbonyl (C=O) groups excluding carboxylic acids is 1. The topological polar surface area (TPSA) is 104 Å². The van der Waals surface area contributed by atoms with Gasteiger partial charge in [0.1, 0.15) is 0 Å². The third-order valence-electron chi connectivity index (χ3n) is 6.10. The summed E-state index contributed by atoms with van der Waals surface area (Å²) in [5, 5.41) is 5.53. The number of carbonyl (C=O) groups is 1. The Kier molecular flexibility index (Phi) is 8.65. The SMILES string of the molecule is CCc1cc(C(=O)NC)ccc1Nc1ncc(C(F)(F)F)c(CCc2ccc(C)cc2N(C)S(C)(=O)=O)n1.